The van der Waals surface area contributed by atoms with Crippen molar-refractivity contribution >= 4 is 5.78 Å². The van der Waals surface area contributed by atoms with Gasteiger partial charge in [-0.05, 0) is 18.9 Å². The van der Waals surface area contributed by atoms with E-state index in [2.05, 4.69) is 0 Å². The Morgan fingerprint density at radius 3 is 2.38 bits per heavy atom. The van der Waals surface area contributed by atoms with Crippen LogP contribution in [0, 0.1) is 11.6 Å². The second-order valence-electron chi connectivity index (χ2n) is 4.19. The minimum absolute atomic E-state index is 0.0761. The molecule has 0 unspecified atom stereocenters. The summed E-state index contributed by atoms with van der Waals surface area (Å²) < 4.78 is 26.2. The fraction of sp³-hybridized carbons (Fsp3) is 0.417. The summed E-state index contributed by atoms with van der Waals surface area (Å²) in [6, 6.07) is 3.12. The zero-order chi connectivity index (χ0) is 11.8. The maximum Gasteiger partial charge on any atom is 0.133 e. The summed E-state index contributed by atoms with van der Waals surface area (Å²) in [5.41, 5.74) is -1.24. The number of ketones is 1. The van der Waals surface area contributed by atoms with Crippen molar-refractivity contribution in [3.8, 4) is 0 Å². The second kappa shape index (κ2) is 3.94. The zero-order valence-corrected chi connectivity index (χ0v) is 8.67. The lowest BCUT2D eigenvalue weighted by molar-refractivity contribution is -0.125. The van der Waals surface area contributed by atoms with Crippen LogP contribution in [0.15, 0.2) is 18.2 Å². The molecule has 2 nitrogen and oxygen atoms in total. The highest BCUT2D eigenvalue weighted by Gasteiger charge is 2.36. The van der Waals surface area contributed by atoms with Gasteiger partial charge in [0.25, 0.3) is 0 Å². The SMILES string of the molecule is O=C1CCC(O)(c2ccc(F)cc2F)CC1. The molecule has 0 radical (unpaired) electrons. The van der Waals surface area contributed by atoms with Crippen LogP contribution in [0.1, 0.15) is 31.2 Å². The van der Waals surface area contributed by atoms with E-state index in [4.69, 9.17) is 0 Å². The Hall–Kier alpha value is -1.29. The van der Waals surface area contributed by atoms with E-state index < -0.39 is 17.2 Å². The monoisotopic (exact) mass is 226 g/mol. The number of rotatable bonds is 1. The van der Waals surface area contributed by atoms with E-state index in [9.17, 15) is 18.7 Å². The standard InChI is InChI=1S/C12H12F2O2/c13-8-1-2-10(11(14)7-8)12(16)5-3-9(15)4-6-12/h1-2,7,16H,3-6H2. The van der Waals surface area contributed by atoms with Crippen molar-refractivity contribution in [3.05, 3.63) is 35.4 Å². The summed E-state index contributed by atoms with van der Waals surface area (Å²) in [4.78, 5) is 11.1. The van der Waals surface area contributed by atoms with Crippen LogP contribution in [-0.4, -0.2) is 10.9 Å². The molecule has 4 heteroatoms. The molecule has 0 saturated heterocycles. The molecule has 0 heterocycles. The number of carbonyl (C=O) groups excluding carboxylic acids is 1. The molecule has 0 bridgehead atoms. The van der Waals surface area contributed by atoms with Crippen molar-refractivity contribution in [2.45, 2.75) is 31.3 Å². The van der Waals surface area contributed by atoms with Gasteiger partial charge >= 0.3 is 0 Å². The molecular weight excluding hydrogens is 214 g/mol. The lowest BCUT2D eigenvalue weighted by Crippen LogP contribution is -2.32. The van der Waals surface area contributed by atoms with E-state index in [1.165, 1.54) is 6.07 Å². The molecule has 1 aliphatic carbocycles. The lowest BCUT2D eigenvalue weighted by atomic mass is 9.79. The third-order valence-electron chi connectivity index (χ3n) is 3.07. The van der Waals surface area contributed by atoms with Crippen molar-refractivity contribution in [1.29, 1.82) is 0 Å². The van der Waals surface area contributed by atoms with Gasteiger partial charge in [0, 0.05) is 24.5 Å². The Bertz CT molecular complexity index is 419. The first-order valence-corrected chi connectivity index (χ1v) is 5.21. The normalized spacial score (nSPS) is 19.8. The molecule has 16 heavy (non-hydrogen) atoms. The molecule has 0 spiro atoms. The number of benzene rings is 1. The van der Waals surface area contributed by atoms with Crippen LogP contribution in [0.5, 0.6) is 0 Å². The molecule has 0 amide bonds. The summed E-state index contributed by atoms with van der Waals surface area (Å²) in [5, 5.41) is 10.2. The van der Waals surface area contributed by atoms with E-state index in [0.717, 1.165) is 12.1 Å². The molecular formula is C12H12F2O2. The zero-order valence-electron chi connectivity index (χ0n) is 8.67. The third kappa shape index (κ3) is 1.97. The van der Waals surface area contributed by atoms with E-state index in [1.54, 1.807) is 0 Å². The first-order valence-electron chi connectivity index (χ1n) is 5.21. The van der Waals surface area contributed by atoms with Crippen molar-refractivity contribution in [3.63, 3.8) is 0 Å². The molecule has 1 aromatic carbocycles. The summed E-state index contributed by atoms with van der Waals surface area (Å²) in [6.07, 6.45) is 0.892. The Labute approximate surface area is 91.9 Å². The highest BCUT2D eigenvalue weighted by molar-refractivity contribution is 5.79. The number of halogens is 2. The fourth-order valence-corrected chi connectivity index (χ4v) is 2.08. The highest BCUT2D eigenvalue weighted by Crippen LogP contribution is 2.36. The van der Waals surface area contributed by atoms with Gasteiger partial charge in [0.15, 0.2) is 0 Å². The summed E-state index contributed by atoms with van der Waals surface area (Å²) in [7, 11) is 0. The molecule has 0 aromatic heterocycles. The third-order valence-corrected chi connectivity index (χ3v) is 3.07. The fourth-order valence-electron chi connectivity index (χ4n) is 2.08. The molecule has 1 fully saturated rings. The van der Waals surface area contributed by atoms with Gasteiger partial charge in [-0.2, -0.15) is 0 Å². The van der Waals surface area contributed by atoms with Gasteiger partial charge in [-0.15, -0.1) is 0 Å². The number of carbonyl (C=O) groups is 1. The highest BCUT2D eigenvalue weighted by atomic mass is 19.1. The Balaban J connectivity index is 2.32. The number of hydrogen-bond acceptors (Lipinski definition) is 2. The lowest BCUT2D eigenvalue weighted by Gasteiger charge is -2.32. The van der Waals surface area contributed by atoms with Gasteiger partial charge in [-0.25, -0.2) is 8.78 Å². The number of Topliss-reactive ketones (excluding diaryl/α,β-unsaturated/α-hetero) is 1. The predicted molar refractivity (Wildman–Crippen MR) is 53.7 cm³/mol. The van der Waals surface area contributed by atoms with Crippen LogP contribution in [0.2, 0.25) is 0 Å². The van der Waals surface area contributed by atoms with Crippen molar-refractivity contribution in [2.24, 2.45) is 0 Å². The summed E-state index contributed by atoms with van der Waals surface area (Å²) in [5.74, 6) is -1.35. The molecule has 1 aromatic rings. The first kappa shape index (κ1) is 11.2. The Kier molecular flexibility index (Phi) is 2.76. The van der Waals surface area contributed by atoms with E-state index in [-0.39, 0.29) is 37.0 Å². The molecule has 0 atom stereocenters. The molecule has 0 aliphatic heterocycles. The average Bonchev–Trinajstić information content (AvgIpc) is 2.22. The average molecular weight is 226 g/mol. The minimum Gasteiger partial charge on any atom is -0.385 e. The maximum absolute atomic E-state index is 13.5. The van der Waals surface area contributed by atoms with Crippen molar-refractivity contribution in [2.75, 3.05) is 0 Å². The topological polar surface area (TPSA) is 37.3 Å². The van der Waals surface area contributed by atoms with Crippen LogP contribution in [-0.2, 0) is 10.4 Å². The van der Waals surface area contributed by atoms with Gasteiger partial charge in [-0.3, -0.25) is 4.79 Å². The first-order chi connectivity index (χ1) is 7.51. The van der Waals surface area contributed by atoms with Gasteiger partial charge in [0.05, 0.1) is 5.60 Å². The van der Waals surface area contributed by atoms with E-state index in [1.807, 2.05) is 0 Å². The Morgan fingerprint density at radius 1 is 1.19 bits per heavy atom. The minimum atomic E-state index is -1.33. The van der Waals surface area contributed by atoms with Gasteiger partial charge in [-0.1, -0.05) is 6.07 Å². The van der Waals surface area contributed by atoms with E-state index >= 15 is 0 Å². The predicted octanol–water partition coefficient (Wildman–Crippen LogP) is 2.30. The summed E-state index contributed by atoms with van der Waals surface area (Å²) >= 11 is 0. The number of hydrogen-bond donors (Lipinski definition) is 1. The van der Waals surface area contributed by atoms with Crippen LogP contribution < -0.4 is 0 Å². The van der Waals surface area contributed by atoms with Gasteiger partial charge < -0.3 is 5.11 Å². The van der Waals surface area contributed by atoms with Crippen LogP contribution in [0.4, 0.5) is 8.78 Å². The van der Waals surface area contributed by atoms with Crippen molar-refractivity contribution < 1.29 is 18.7 Å². The number of aliphatic hydroxyl groups is 1. The molecule has 2 rings (SSSR count). The van der Waals surface area contributed by atoms with E-state index in [0.29, 0.717) is 0 Å². The molecule has 1 aliphatic rings. The Morgan fingerprint density at radius 2 is 1.81 bits per heavy atom. The van der Waals surface area contributed by atoms with Crippen LogP contribution in [0.25, 0.3) is 0 Å². The van der Waals surface area contributed by atoms with Crippen molar-refractivity contribution in [1.82, 2.24) is 0 Å². The van der Waals surface area contributed by atoms with Crippen LogP contribution in [0.3, 0.4) is 0 Å². The molecule has 86 valence electrons. The van der Waals surface area contributed by atoms with Crippen LogP contribution >= 0.6 is 0 Å². The van der Waals surface area contributed by atoms with Gasteiger partial charge in [0.2, 0.25) is 0 Å². The summed E-state index contributed by atoms with van der Waals surface area (Å²) in [6.45, 7) is 0. The second-order valence-corrected chi connectivity index (χ2v) is 4.19. The smallest absolute Gasteiger partial charge is 0.133 e. The van der Waals surface area contributed by atoms with Gasteiger partial charge in [0.1, 0.15) is 17.4 Å². The molecule has 1 N–H and O–H groups in total. The quantitative estimate of drug-likeness (QED) is 0.797. The maximum atomic E-state index is 13.5. The molecule has 1 saturated carbocycles. The largest absolute Gasteiger partial charge is 0.385 e.